The van der Waals surface area contributed by atoms with Crippen molar-refractivity contribution >= 4 is 27.7 Å². The lowest BCUT2D eigenvalue weighted by molar-refractivity contribution is -0.0235. The fourth-order valence-electron chi connectivity index (χ4n) is 6.81. The first kappa shape index (κ1) is 27.2. The van der Waals surface area contributed by atoms with Crippen molar-refractivity contribution in [1.82, 2.24) is 14.1 Å². The molecular formula is C28H42ClN3O4S. The fraction of sp³-hybridized carbons (Fsp3) is 0.750. The molecule has 1 saturated carbocycles. The van der Waals surface area contributed by atoms with Crippen LogP contribution in [-0.4, -0.2) is 78.0 Å². The molecule has 0 bridgehead atoms. The Bertz CT molecular complexity index is 1060. The van der Waals surface area contributed by atoms with E-state index in [-0.39, 0.29) is 28.6 Å². The van der Waals surface area contributed by atoms with E-state index in [2.05, 4.69) is 11.8 Å². The van der Waals surface area contributed by atoms with E-state index in [0.717, 1.165) is 45.2 Å². The quantitative estimate of drug-likeness (QED) is 0.455. The fourth-order valence-corrected chi connectivity index (χ4v) is 8.94. The maximum atomic E-state index is 13.9. The highest BCUT2D eigenvalue weighted by atomic mass is 35.5. The van der Waals surface area contributed by atoms with Gasteiger partial charge in [-0.15, -0.1) is 0 Å². The Morgan fingerprint density at radius 1 is 0.973 bits per heavy atom. The van der Waals surface area contributed by atoms with Crippen molar-refractivity contribution in [3.63, 3.8) is 0 Å². The molecule has 0 aromatic heterocycles. The number of piperidine rings is 3. The summed E-state index contributed by atoms with van der Waals surface area (Å²) in [5, 5.41) is 0.506. The third-order valence-electron chi connectivity index (χ3n) is 9.40. The van der Waals surface area contributed by atoms with Gasteiger partial charge in [0.15, 0.2) is 0 Å². The van der Waals surface area contributed by atoms with Gasteiger partial charge in [0.2, 0.25) is 10.0 Å². The lowest BCUT2D eigenvalue weighted by Gasteiger charge is -2.48. The summed E-state index contributed by atoms with van der Waals surface area (Å²) in [6.45, 7) is 8.07. The van der Waals surface area contributed by atoms with Crippen molar-refractivity contribution in [3.8, 4) is 0 Å². The van der Waals surface area contributed by atoms with Gasteiger partial charge in [0.05, 0.1) is 10.9 Å². The van der Waals surface area contributed by atoms with Crippen molar-refractivity contribution < 1.29 is 17.9 Å². The molecule has 1 amide bonds. The molecule has 3 saturated heterocycles. The van der Waals surface area contributed by atoms with Crippen molar-refractivity contribution in [2.24, 2.45) is 0 Å². The molecule has 7 nitrogen and oxygen atoms in total. The topological polar surface area (TPSA) is 70.2 Å². The van der Waals surface area contributed by atoms with Crippen LogP contribution in [0.2, 0.25) is 5.02 Å². The molecule has 4 aliphatic rings. The van der Waals surface area contributed by atoms with Gasteiger partial charge in [0, 0.05) is 29.7 Å². The molecule has 3 aliphatic heterocycles. The molecule has 5 rings (SSSR count). The first-order chi connectivity index (χ1) is 17.7. The number of carbonyl (C=O) groups is 1. The van der Waals surface area contributed by atoms with Crippen LogP contribution in [0.3, 0.4) is 0 Å². The summed E-state index contributed by atoms with van der Waals surface area (Å²) in [6.07, 6.45) is 10.1. The zero-order valence-corrected chi connectivity index (χ0v) is 23.9. The molecule has 2 atom stereocenters. The summed E-state index contributed by atoms with van der Waals surface area (Å²) in [5.74, 6) is 0. The van der Waals surface area contributed by atoms with E-state index in [0.29, 0.717) is 37.4 Å². The Morgan fingerprint density at radius 2 is 1.62 bits per heavy atom. The van der Waals surface area contributed by atoms with Crippen LogP contribution in [0.25, 0.3) is 0 Å². The second kappa shape index (κ2) is 10.7. The Morgan fingerprint density at radius 3 is 2.22 bits per heavy atom. The average molecular weight is 552 g/mol. The molecule has 0 unspecified atom stereocenters. The third-order valence-corrected chi connectivity index (χ3v) is 11.6. The van der Waals surface area contributed by atoms with E-state index >= 15 is 0 Å². The summed E-state index contributed by atoms with van der Waals surface area (Å²) in [7, 11) is -3.76. The van der Waals surface area contributed by atoms with Gasteiger partial charge in [0.1, 0.15) is 5.60 Å². The van der Waals surface area contributed by atoms with Crippen LogP contribution < -0.4 is 0 Å². The number of halogens is 1. The van der Waals surface area contributed by atoms with E-state index in [9.17, 15) is 13.2 Å². The van der Waals surface area contributed by atoms with Crippen molar-refractivity contribution in [2.45, 2.75) is 113 Å². The summed E-state index contributed by atoms with van der Waals surface area (Å²) >= 11 is 6.03. The summed E-state index contributed by atoms with van der Waals surface area (Å²) < 4.78 is 35.7. The molecule has 206 valence electrons. The number of ether oxygens (including phenoxy) is 1. The largest absolute Gasteiger partial charge is 0.441 e. The maximum Gasteiger partial charge on any atom is 0.410 e. The molecule has 0 spiro atoms. The SMILES string of the molecule is CC[C@@H]1CCC[C@H](C2(OC(=O)N3CCC(C)(N4CCCCC4)CC3)CC2)N1S(=O)(=O)c1ccc(Cl)cc1. The maximum absolute atomic E-state index is 13.9. The molecule has 1 aromatic carbocycles. The predicted molar refractivity (Wildman–Crippen MR) is 145 cm³/mol. The first-order valence-corrected chi connectivity index (χ1v) is 16.0. The summed E-state index contributed by atoms with van der Waals surface area (Å²) in [6, 6.07) is 5.96. The minimum absolute atomic E-state index is 0.101. The van der Waals surface area contributed by atoms with Crippen molar-refractivity contribution in [1.29, 1.82) is 0 Å². The molecule has 0 radical (unpaired) electrons. The van der Waals surface area contributed by atoms with Crippen molar-refractivity contribution in [2.75, 3.05) is 26.2 Å². The smallest absolute Gasteiger partial charge is 0.410 e. The second-order valence-corrected chi connectivity index (χ2v) is 14.0. The minimum atomic E-state index is -3.76. The number of rotatable bonds is 6. The van der Waals surface area contributed by atoms with Crippen LogP contribution in [-0.2, 0) is 14.8 Å². The Kier molecular flexibility index (Phi) is 7.85. The highest BCUT2D eigenvalue weighted by molar-refractivity contribution is 7.89. The van der Waals surface area contributed by atoms with Gasteiger partial charge in [-0.25, -0.2) is 13.2 Å². The normalized spacial score (nSPS) is 28.6. The molecular weight excluding hydrogens is 510 g/mol. The Labute approximate surface area is 227 Å². The number of likely N-dealkylation sites (tertiary alicyclic amines) is 2. The number of amides is 1. The number of sulfonamides is 1. The monoisotopic (exact) mass is 551 g/mol. The van der Waals surface area contributed by atoms with Gasteiger partial charge >= 0.3 is 6.09 Å². The molecule has 9 heteroatoms. The Balaban J connectivity index is 1.30. The number of benzene rings is 1. The lowest BCUT2D eigenvalue weighted by Crippen LogP contribution is -2.58. The van der Waals surface area contributed by atoms with Crippen LogP contribution in [0.1, 0.15) is 84.5 Å². The van der Waals surface area contributed by atoms with Gasteiger partial charge in [-0.05, 0) is 102 Å². The molecule has 1 aliphatic carbocycles. The standard InChI is InChI=1S/C28H42ClN3O4S/c1-3-23-8-7-9-25(32(23)37(34,35)24-12-10-22(29)11-13-24)28(14-15-28)36-26(33)30-20-16-27(2,17-21-30)31-18-5-4-6-19-31/h10-13,23,25H,3-9,14-21H2,1-2H3/t23-,25-/m1/s1. The number of nitrogens with zero attached hydrogens (tertiary/aromatic N) is 3. The van der Waals surface area contributed by atoms with Gasteiger partial charge in [-0.2, -0.15) is 4.31 Å². The average Bonchev–Trinajstić information content (AvgIpc) is 3.69. The highest BCUT2D eigenvalue weighted by Crippen LogP contribution is 2.50. The number of hydrogen-bond acceptors (Lipinski definition) is 5. The van der Waals surface area contributed by atoms with E-state index < -0.39 is 15.6 Å². The molecule has 3 heterocycles. The van der Waals surface area contributed by atoms with Crippen LogP contribution in [0.4, 0.5) is 4.79 Å². The summed E-state index contributed by atoms with van der Waals surface area (Å²) in [4.78, 5) is 18.1. The van der Waals surface area contributed by atoms with Crippen molar-refractivity contribution in [3.05, 3.63) is 29.3 Å². The second-order valence-electron chi connectivity index (χ2n) is 11.8. The molecule has 0 N–H and O–H groups in total. The zero-order chi connectivity index (χ0) is 26.3. The molecule has 1 aromatic rings. The van der Waals surface area contributed by atoms with Crippen LogP contribution in [0, 0.1) is 0 Å². The number of carbonyl (C=O) groups excluding carboxylic acids is 1. The highest BCUT2D eigenvalue weighted by Gasteiger charge is 2.59. The van der Waals surface area contributed by atoms with Gasteiger partial charge in [0.25, 0.3) is 0 Å². The molecule has 37 heavy (non-hydrogen) atoms. The zero-order valence-electron chi connectivity index (χ0n) is 22.3. The van der Waals surface area contributed by atoms with E-state index in [1.807, 2.05) is 11.8 Å². The first-order valence-electron chi connectivity index (χ1n) is 14.2. The number of hydrogen-bond donors (Lipinski definition) is 0. The summed E-state index contributed by atoms with van der Waals surface area (Å²) in [5.41, 5.74) is -0.576. The van der Waals surface area contributed by atoms with Gasteiger partial charge in [-0.3, -0.25) is 4.90 Å². The third kappa shape index (κ3) is 5.41. The predicted octanol–water partition coefficient (Wildman–Crippen LogP) is 5.67. The van der Waals surface area contributed by atoms with Gasteiger partial charge in [-0.1, -0.05) is 31.4 Å². The Hall–Kier alpha value is -1.35. The van der Waals surface area contributed by atoms with E-state index in [1.54, 1.807) is 28.6 Å². The lowest BCUT2D eigenvalue weighted by atomic mass is 9.86. The van der Waals surface area contributed by atoms with E-state index in [1.165, 1.54) is 19.3 Å². The van der Waals surface area contributed by atoms with Crippen LogP contribution in [0.15, 0.2) is 29.2 Å². The van der Waals surface area contributed by atoms with E-state index in [4.69, 9.17) is 16.3 Å². The minimum Gasteiger partial charge on any atom is -0.441 e. The van der Waals surface area contributed by atoms with Crippen LogP contribution >= 0.6 is 11.6 Å². The molecule has 4 fully saturated rings. The van der Waals surface area contributed by atoms with Gasteiger partial charge < -0.3 is 9.64 Å². The van der Waals surface area contributed by atoms with Crippen LogP contribution in [0.5, 0.6) is 0 Å².